The first-order valence-electron chi connectivity index (χ1n) is 7.94. The average molecular weight is 355 g/mol. The number of rotatable bonds is 6. The molecule has 0 aromatic heterocycles. The number of nitrogens with one attached hydrogen (secondary N) is 2. The number of carbonyl (C=O) groups excluding carboxylic acids is 2. The molecule has 0 atom stereocenters. The van der Waals surface area contributed by atoms with Crippen molar-refractivity contribution in [3.63, 3.8) is 0 Å². The average Bonchev–Trinajstić information content (AvgIpc) is 3.30. The summed E-state index contributed by atoms with van der Waals surface area (Å²) in [5.41, 5.74) is 6.75. The minimum Gasteiger partial charge on any atom is -0.341 e. The Kier molecular flexibility index (Phi) is 7.05. The summed E-state index contributed by atoms with van der Waals surface area (Å²) in [4.78, 5) is 26.0. The van der Waals surface area contributed by atoms with E-state index in [1.54, 1.807) is 36.2 Å². The summed E-state index contributed by atoms with van der Waals surface area (Å²) in [6.45, 7) is 5.13. The van der Waals surface area contributed by atoms with Gasteiger partial charge in [-0.3, -0.25) is 4.79 Å². The summed E-state index contributed by atoms with van der Waals surface area (Å²) in [6, 6.07) is 7.05. The van der Waals surface area contributed by atoms with Crippen LogP contribution < -0.4 is 16.4 Å². The number of anilines is 1. The quantitative estimate of drug-likeness (QED) is 0.733. The van der Waals surface area contributed by atoms with Crippen molar-refractivity contribution in [3.05, 3.63) is 29.8 Å². The number of hydrogen-bond donors (Lipinski definition) is 3. The highest BCUT2D eigenvalue weighted by Crippen LogP contribution is 2.20. The van der Waals surface area contributed by atoms with Crippen molar-refractivity contribution in [1.82, 2.24) is 10.2 Å². The predicted molar refractivity (Wildman–Crippen MR) is 98.7 cm³/mol. The standard InChI is InChI=1S/C17H26N4O2.ClH/c1-17(2,10-18)11-21(3)15(22)12-5-4-6-14(9-12)20-16(23)19-13-7-8-13;/h4-6,9,13H,7-8,10-11,18H2,1-3H3,(H2,19,20,23);1H. The van der Waals surface area contributed by atoms with Gasteiger partial charge in [0.1, 0.15) is 0 Å². The SMILES string of the molecule is CN(CC(C)(C)CN)C(=O)c1cccc(NC(=O)NC2CC2)c1.Cl. The minimum atomic E-state index is -0.227. The number of nitrogens with zero attached hydrogens (tertiary/aromatic N) is 1. The van der Waals surface area contributed by atoms with E-state index >= 15 is 0 Å². The number of hydrogen-bond acceptors (Lipinski definition) is 3. The van der Waals surface area contributed by atoms with Crippen LogP contribution in [0.4, 0.5) is 10.5 Å². The number of urea groups is 1. The highest BCUT2D eigenvalue weighted by Gasteiger charge is 2.24. The molecule has 3 amide bonds. The largest absolute Gasteiger partial charge is 0.341 e. The molecule has 1 aliphatic rings. The second-order valence-corrected chi connectivity index (χ2v) is 6.98. The molecule has 7 heteroatoms. The van der Waals surface area contributed by atoms with Crippen molar-refractivity contribution in [2.24, 2.45) is 11.1 Å². The molecule has 1 saturated carbocycles. The molecule has 2 rings (SSSR count). The van der Waals surface area contributed by atoms with E-state index in [0.29, 0.717) is 30.4 Å². The zero-order chi connectivity index (χ0) is 17.0. The fourth-order valence-electron chi connectivity index (χ4n) is 2.31. The Morgan fingerprint density at radius 3 is 2.58 bits per heavy atom. The lowest BCUT2D eigenvalue weighted by Crippen LogP contribution is -2.39. The van der Waals surface area contributed by atoms with Crippen molar-refractivity contribution in [2.45, 2.75) is 32.7 Å². The third kappa shape index (κ3) is 6.02. The van der Waals surface area contributed by atoms with Gasteiger partial charge in [0, 0.05) is 30.9 Å². The van der Waals surface area contributed by atoms with E-state index in [-0.39, 0.29) is 29.8 Å². The second-order valence-electron chi connectivity index (χ2n) is 6.98. The highest BCUT2D eigenvalue weighted by atomic mass is 35.5. The second kappa shape index (κ2) is 8.35. The Bertz CT molecular complexity index is 588. The molecule has 0 spiro atoms. The van der Waals surface area contributed by atoms with Gasteiger partial charge in [0.05, 0.1) is 0 Å². The van der Waals surface area contributed by atoms with Gasteiger partial charge in [-0.25, -0.2) is 4.79 Å². The topological polar surface area (TPSA) is 87.5 Å². The zero-order valence-electron chi connectivity index (χ0n) is 14.5. The number of halogens is 1. The monoisotopic (exact) mass is 354 g/mol. The third-order valence-electron chi connectivity index (χ3n) is 3.84. The van der Waals surface area contributed by atoms with Crippen LogP contribution in [0, 0.1) is 5.41 Å². The van der Waals surface area contributed by atoms with Crippen LogP contribution in [0.3, 0.4) is 0 Å². The molecule has 0 saturated heterocycles. The first-order valence-corrected chi connectivity index (χ1v) is 7.94. The van der Waals surface area contributed by atoms with Crippen LogP contribution in [0.5, 0.6) is 0 Å². The van der Waals surface area contributed by atoms with Crippen LogP contribution in [-0.2, 0) is 0 Å². The van der Waals surface area contributed by atoms with Gasteiger partial charge < -0.3 is 21.3 Å². The lowest BCUT2D eigenvalue weighted by Gasteiger charge is -2.29. The summed E-state index contributed by atoms with van der Waals surface area (Å²) < 4.78 is 0. The van der Waals surface area contributed by atoms with E-state index in [2.05, 4.69) is 10.6 Å². The van der Waals surface area contributed by atoms with Crippen LogP contribution in [0.15, 0.2) is 24.3 Å². The number of nitrogens with two attached hydrogens (primary N) is 1. The summed E-state index contributed by atoms with van der Waals surface area (Å²) >= 11 is 0. The van der Waals surface area contributed by atoms with Crippen LogP contribution in [0.25, 0.3) is 0 Å². The van der Waals surface area contributed by atoms with Crippen molar-refractivity contribution in [3.8, 4) is 0 Å². The van der Waals surface area contributed by atoms with Crippen LogP contribution in [0.2, 0.25) is 0 Å². The Morgan fingerprint density at radius 1 is 1.33 bits per heavy atom. The lowest BCUT2D eigenvalue weighted by molar-refractivity contribution is 0.0740. The first kappa shape index (κ1) is 20.3. The summed E-state index contributed by atoms with van der Waals surface area (Å²) in [5, 5.41) is 5.62. The fourth-order valence-corrected chi connectivity index (χ4v) is 2.31. The van der Waals surface area contributed by atoms with Gasteiger partial charge in [-0.2, -0.15) is 0 Å². The molecule has 0 heterocycles. The van der Waals surface area contributed by atoms with E-state index < -0.39 is 0 Å². The summed E-state index contributed by atoms with van der Waals surface area (Å²) in [7, 11) is 1.76. The molecule has 1 aromatic carbocycles. The maximum atomic E-state index is 12.5. The Labute approximate surface area is 149 Å². The van der Waals surface area contributed by atoms with Gasteiger partial charge >= 0.3 is 6.03 Å². The number of carbonyl (C=O) groups is 2. The van der Waals surface area contributed by atoms with E-state index in [9.17, 15) is 9.59 Å². The van der Waals surface area contributed by atoms with E-state index in [1.165, 1.54) is 0 Å². The molecule has 0 bridgehead atoms. The van der Waals surface area contributed by atoms with Crippen molar-refractivity contribution < 1.29 is 9.59 Å². The molecule has 0 unspecified atom stereocenters. The predicted octanol–water partition coefficient (Wildman–Crippen LogP) is 2.45. The Hall–Kier alpha value is -1.79. The van der Waals surface area contributed by atoms with Gasteiger partial charge in [0.2, 0.25) is 0 Å². The third-order valence-corrected chi connectivity index (χ3v) is 3.84. The Balaban J connectivity index is 0.00000288. The first-order chi connectivity index (χ1) is 10.8. The van der Waals surface area contributed by atoms with Crippen LogP contribution in [-0.4, -0.2) is 43.0 Å². The maximum absolute atomic E-state index is 12.5. The fraction of sp³-hybridized carbons (Fsp3) is 0.529. The molecular formula is C17H27ClN4O2. The van der Waals surface area contributed by atoms with Crippen molar-refractivity contribution in [2.75, 3.05) is 25.5 Å². The van der Waals surface area contributed by atoms with Crippen molar-refractivity contribution >= 4 is 30.0 Å². The Morgan fingerprint density at radius 2 is 2.00 bits per heavy atom. The molecule has 6 nitrogen and oxygen atoms in total. The van der Waals surface area contributed by atoms with Crippen LogP contribution in [0.1, 0.15) is 37.0 Å². The lowest BCUT2D eigenvalue weighted by atomic mass is 9.93. The molecule has 4 N–H and O–H groups in total. The molecule has 1 fully saturated rings. The van der Waals surface area contributed by atoms with Crippen molar-refractivity contribution in [1.29, 1.82) is 0 Å². The highest BCUT2D eigenvalue weighted by molar-refractivity contribution is 5.96. The molecule has 0 aliphatic heterocycles. The number of amides is 3. The summed E-state index contributed by atoms with van der Waals surface area (Å²) in [5.74, 6) is -0.0854. The molecule has 134 valence electrons. The molecule has 1 aliphatic carbocycles. The van der Waals surface area contributed by atoms with Gasteiger partial charge in [0.25, 0.3) is 5.91 Å². The molecular weight excluding hydrogens is 328 g/mol. The smallest absolute Gasteiger partial charge is 0.319 e. The molecule has 24 heavy (non-hydrogen) atoms. The maximum Gasteiger partial charge on any atom is 0.319 e. The van der Waals surface area contributed by atoms with E-state index in [1.807, 2.05) is 13.8 Å². The summed E-state index contributed by atoms with van der Waals surface area (Å²) in [6.07, 6.45) is 2.07. The molecule has 0 radical (unpaired) electrons. The number of benzene rings is 1. The zero-order valence-corrected chi connectivity index (χ0v) is 15.3. The van der Waals surface area contributed by atoms with E-state index in [4.69, 9.17) is 5.73 Å². The minimum absolute atomic E-state index is 0. The van der Waals surface area contributed by atoms with Crippen LogP contribution >= 0.6 is 12.4 Å². The molecule has 1 aromatic rings. The van der Waals surface area contributed by atoms with Gasteiger partial charge in [-0.1, -0.05) is 19.9 Å². The van der Waals surface area contributed by atoms with Gasteiger partial charge in [-0.15, -0.1) is 12.4 Å². The van der Waals surface area contributed by atoms with Gasteiger partial charge in [-0.05, 0) is 43.0 Å². The van der Waals surface area contributed by atoms with E-state index in [0.717, 1.165) is 12.8 Å². The normalized spacial score (nSPS) is 13.7. The van der Waals surface area contributed by atoms with Gasteiger partial charge in [0.15, 0.2) is 0 Å².